The molecule has 1 amide bonds. The number of rotatable bonds is 5. The Balaban J connectivity index is 1.82. The Bertz CT molecular complexity index is 534. The molecule has 1 unspecified atom stereocenters. The van der Waals surface area contributed by atoms with E-state index in [1.54, 1.807) is 12.1 Å². The number of furan rings is 1. The maximum atomic E-state index is 11.7. The van der Waals surface area contributed by atoms with E-state index in [9.17, 15) is 9.90 Å². The van der Waals surface area contributed by atoms with Gasteiger partial charge in [-0.1, -0.05) is 29.8 Å². The Labute approximate surface area is 112 Å². The van der Waals surface area contributed by atoms with Gasteiger partial charge in [0.05, 0.1) is 19.2 Å². The van der Waals surface area contributed by atoms with E-state index < -0.39 is 6.10 Å². The van der Waals surface area contributed by atoms with Crippen molar-refractivity contribution in [3.8, 4) is 0 Å². The van der Waals surface area contributed by atoms with Gasteiger partial charge in [-0.3, -0.25) is 4.79 Å². The summed E-state index contributed by atoms with van der Waals surface area (Å²) in [5.74, 6) is 0.340. The number of benzene rings is 1. The minimum Gasteiger partial charge on any atom is -0.467 e. The van der Waals surface area contributed by atoms with Gasteiger partial charge in [-0.25, -0.2) is 0 Å². The van der Waals surface area contributed by atoms with E-state index in [0.717, 1.165) is 11.1 Å². The van der Waals surface area contributed by atoms with E-state index >= 15 is 0 Å². The molecule has 0 bridgehead atoms. The smallest absolute Gasteiger partial charge is 0.224 e. The maximum Gasteiger partial charge on any atom is 0.224 e. The highest BCUT2D eigenvalue weighted by molar-refractivity contribution is 5.78. The van der Waals surface area contributed by atoms with Crippen LogP contribution in [0, 0.1) is 6.92 Å². The average molecular weight is 259 g/mol. The Morgan fingerprint density at radius 2 is 2.21 bits per heavy atom. The maximum absolute atomic E-state index is 11.7. The van der Waals surface area contributed by atoms with Crippen molar-refractivity contribution in [2.45, 2.75) is 19.4 Å². The summed E-state index contributed by atoms with van der Waals surface area (Å²) in [5, 5.41) is 12.4. The third-order valence-electron chi connectivity index (χ3n) is 2.81. The third-order valence-corrected chi connectivity index (χ3v) is 2.81. The number of hydrogen-bond acceptors (Lipinski definition) is 3. The number of nitrogens with one attached hydrogen (secondary N) is 1. The highest BCUT2D eigenvalue weighted by Crippen LogP contribution is 2.11. The van der Waals surface area contributed by atoms with Crippen LogP contribution in [0.1, 0.15) is 23.0 Å². The van der Waals surface area contributed by atoms with Gasteiger partial charge < -0.3 is 14.8 Å². The first-order valence-electron chi connectivity index (χ1n) is 6.19. The Morgan fingerprint density at radius 3 is 2.89 bits per heavy atom. The molecule has 0 radical (unpaired) electrons. The molecule has 2 rings (SSSR count). The lowest BCUT2D eigenvalue weighted by Crippen LogP contribution is -2.29. The molecule has 1 aromatic carbocycles. The molecule has 0 saturated carbocycles. The van der Waals surface area contributed by atoms with E-state index in [1.165, 1.54) is 6.26 Å². The second-order valence-electron chi connectivity index (χ2n) is 4.50. The lowest BCUT2D eigenvalue weighted by molar-refractivity contribution is -0.120. The number of aliphatic hydroxyl groups is 1. The molecular formula is C15H17NO3. The molecule has 0 spiro atoms. The van der Waals surface area contributed by atoms with Gasteiger partial charge in [0.1, 0.15) is 11.9 Å². The van der Waals surface area contributed by atoms with Gasteiger partial charge in [-0.15, -0.1) is 0 Å². The molecule has 0 aliphatic heterocycles. The molecule has 0 aliphatic rings. The van der Waals surface area contributed by atoms with Crippen molar-refractivity contribution in [1.82, 2.24) is 5.32 Å². The predicted octanol–water partition coefficient (Wildman–Crippen LogP) is 1.98. The standard InChI is InChI=1S/C15H17NO3/c1-11-4-2-5-12(8-11)9-15(18)16-10-13(17)14-6-3-7-19-14/h2-8,13,17H,9-10H2,1H3,(H,16,18). The van der Waals surface area contributed by atoms with Crippen LogP contribution in [0.4, 0.5) is 0 Å². The second-order valence-corrected chi connectivity index (χ2v) is 4.50. The summed E-state index contributed by atoms with van der Waals surface area (Å²) >= 11 is 0. The monoisotopic (exact) mass is 259 g/mol. The van der Waals surface area contributed by atoms with Crippen LogP contribution in [0.15, 0.2) is 47.1 Å². The van der Waals surface area contributed by atoms with Crippen molar-refractivity contribution in [1.29, 1.82) is 0 Å². The largest absolute Gasteiger partial charge is 0.467 e. The summed E-state index contributed by atoms with van der Waals surface area (Å²) in [5.41, 5.74) is 2.09. The van der Waals surface area contributed by atoms with Crippen LogP contribution in [-0.2, 0) is 11.2 Å². The van der Waals surface area contributed by atoms with Gasteiger partial charge in [0.25, 0.3) is 0 Å². The minimum absolute atomic E-state index is 0.115. The molecule has 0 aliphatic carbocycles. The van der Waals surface area contributed by atoms with E-state index in [-0.39, 0.29) is 12.5 Å². The number of carbonyl (C=O) groups excluding carboxylic acids is 1. The van der Waals surface area contributed by atoms with Gasteiger partial charge in [-0.2, -0.15) is 0 Å². The molecule has 1 heterocycles. The number of amides is 1. The van der Waals surface area contributed by atoms with Crippen LogP contribution in [0.3, 0.4) is 0 Å². The summed E-state index contributed by atoms with van der Waals surface area (Å²) < 4.78 is 5.06. The van der Waals surface area contributed by atoms with Crippen LogP contribution in [-0.4, -0.2) is 17.6 Å². The Kier molecular flexibility index (Phi) is 4.36. The molecule has 2 N–H and O–H groups in total. The summed E-state index contributed by atoms with van der Waals surface area (Å²) in [4.78, 5) is 11.7. The highest BCUT2D eigenvalue weighted by atomic mass is 16.4. The highest BCUT2D eigenvalue weighted by Gasteiger charge is 2.12. The normalized spacial score (nSPS) is 12.1. The lowest BCUT2D eigenvalue weighted by Gasteiger charge is -2.09. The van der Waals surface area contributed by atoms with Crippen molar-refractivity contribution in [3.63, 3.8) is 0 Å². The van der Waals surface area contributed by atoms with E-state index in [0.29, 0.717) is 12.2 Å². The Morgan fingerprint density at radius 1 is 1.37 bits per heavy atom. The molecule has 2 aromatic rings. The fourth-order valence-corrected chi connectivity index (χ4v) is 1.86. The van der Waals surface area contributed by atoms with Crippen molar-refractivity contribution in [3.05, 3.63) is 59.5 Å². The van der Waals surface area contributed by atoms with Gasteiger partial charge in [0.2, 0.25) is 5.91 Å². The van der Waals surface area contributed by atoms with Crippen molar-refractivity contribution in [2.75, 3.05) is 6.54 Å². The van der Waals surface area contributed by atoms with Crippen LogP contribution in [0.25, 0.3) is 0 Å². The quantitative estimate of drug-likeness (QED) is 0.863. The molecule has 0 fully saturated rings. The minimum atomic E-state index is -0.809. The SMILES string of the molecule is Cc1cccc(CC(=O)NCC(O)c2ccco2)c1. The van der Waals surface area contributed by atoms with Crippen LogP contribution in [0.2, 0.25) is 0 Å². The van der Waals surface area contributed by atoms with Crippen molar-refractivity contribution < 1.29 is 14.3 Å². The molecule has 4 heteroatoms. The first-order valence-corrected chi connectivity index (χ1v) is 6.19. The zero-order valence-corrected chi connectivity index (χ0v) is 10.8. The summed E-state index contributed by atoms with van der Waals surface area (Å²) in [6.45, 7) is 2.14. The first-order chi connectivity index (χ1) is 9.15. The number of hydrogen-bond donors (Lipinski definition) is 2. The summed E-state index contributed by atoms with van der Waals surface area (Å²) in [6, 6.07) is 11.2. The fourth-order valence-electron chi connectivity index (χ4n) is 1.86. The average Bonchev–Trinajstić information content (AvgIpc) is 2.90. The number of aryl methyl sites for hydroxylation is 1. The van der Waals surface area contributed by atoms with Crippen LogP contribution < -0.4 is 5.32 Å². The van der Waals surface area contributed by atoms with E-state index in [4.69, 9.17) is 4.42 Å². The van der Waals surface area contributed by atoms with Gasteiger partial charge in [0.15, 0.2) is 0 Å². The molecule has 1 aromatic heterocycles. The number of carbonyl (C=O) groups is 1. The van der Waals surface area contributed by atoms with Crippen LogP contribution in [0.5, 0.6) is 0 Å². The number of aliphatic hydroxyl groups excluding tert-OH is 1. The summed E-state index contributed by atoms with van der Waals surface area (Å²) in [6.07, 6.45) is 0.996. The molecule has 19 heavy (non-hydrogen) atoms. The first kappa shape index (κ1) is 13.4. The van der Waals surface area contributed by atoms with Crippen molar-refractivity contribution in [2.24, 2.45) is 0 Å². The molecule has 4 nitrogen and oxygen atoms in total. The lowest BCUT2D eigenvalue weighted by atomic mass is 10.1. The fraction of sp³-hybridized carbons (Fsp3) is 0.267. The molecular weight excluding hydrogens is 242 g/mol. The van der Waals surface area contributed by atoms with Gasteiger partial charge in [-0.05, 0) is 24.6 Å². The molecule has 100 valence electrons. The zero-order chi connectivity index (χ0) is 13.7. The van der Waals surface area contributed by atoms with Gasteiger partial charge >= 0.3 is 0 Å². The summed E-state index contributed by atoms with van der Waals surface area (Å²) in [7, 11) is 0. The Hall–Kier alpha value is -2.07. The van der Waals surface area contributed by atoms with Gasteiger partial charge in [0, 0.05) is 0 Å². The second kappa shape index (κ2) is 6.20. The van der Waals surface area contributed by atoms with E-state index in [2.05, 4.69) is 5.32 Å². The topological polar surface area (TPSA) is 62.5 Å². The van der Waals surface area contributed by atoms with E-state index in [1.807, 2.05) is 31.2 Å². The third kappa shape index (κ3) is 3.96. The van der Waals surface area contributed by atoms with Crippen molar-refractivity contribution >= 4 is 5.91 Å². The zero-order valence-electron chi connectivity index (χ0n) is 10.8. The predicted molar refractivity (Wildman–Crippen MR) is 71.6 cm³/mol. The van der Waals surface area contributed by atoms with Crippen LogP contribution >= 0.6 is 0 Å². The molecule has 0 saturated heterocycles. The molecule has 1 atom stereocenters.